The summed E-state index contributed by atoms with van der Waals surface area (Å²) in [6.07, 6.45) is 2.97. The Morgan fingerprint density at radius 2 is 2.13 bits per heavy atom. The Kier molecular flexibility index (Phi) is 3.72. The topological polar surface area (TPSA) is 63.6 Å². The summed E-state index contributed by atoms with van der Waals surface area (Å²) < 4.78 is 4.96. The van der Waals surface area contributed by atoms with E-state index in [0.717, 1.165) is 12.8 Å². The van der Waals surface area contributed by atoms with Gasteiger partial charge in [0.1, 0.15) is 0 Å². The minimum atomic E-state index is -0.884. The van der Waals surface area contributed by atoms with Crippen molar-refractivity contribution in [1.82, 2.24) is 0 Å². The Morgan fingerprint density at radius 1 is 1.47 bits per heavy atom. The molecule has 1 aliphatic carbocycles. The maximum Gasteiger partial charge on any atom is 0.312 e. The van der Waals surface area contributed by atoms with E-state index in [4.69, 9.17) is 9.84 Å². The van der Waals surface area contributed by atoms with E-state index in [1.807, 2.05) is 0 Å². The number of carbonyl (C=O) groups is 2. The number of esters is 1. The summed E-state index contributed by atoms with van der Waals surface area (Å²) in [5.41, 5.74) is -0.833. The summed E-state index contributed by atoms with van der Waals surface area (Å²) in [6.45, 7) is 3.75. The van der Waals surface area contributed by atoms with Gasteiger partial charge < -0.3 is 9.84 Å². The molecule has 0 saturated heterocycles. The first-order valence-electron chi connectivity index (χ1n) is 5.42. The van der Waals surface area contributed by atoms with Crippen molar-refractivity contribution in [2.24, 2.45) is 11.3 Å². The van der Waals surface area contributed by atoms with Crippen LogP contribution in [0.3, 0.4) is 0 Å². The maximum atomic E-state index is 11.7. The van der Waals surface area contributed by atoms with Crippen LogP contribution >= 0.6 is 0 Å². The molecule has 0 bridgehead atoms. The van der Waals surface area contributed by atoms with Crippen LogP contribution in [0.15, 0.2) is 0 Å². The Balaban J connectivity index is 2.85. The molecule has 0 aliphatic heterocycles. The zero-order valence-electron chi connectivity index (χ0n) is 9.28. The Morgan fingerprint density at radius 3 is 2.67 bits per heavy atom. The standard InChI is InChI=1S/C11H18O4/c1-3-15-10(14)11(2)7-5-4-6-8(11)9(12)13/h8H,3-7H2,1-2H3,(H,12,13). The van der Waals surface area contributed by atoms with Gasteiger partial charge in [0.05, 0.1) is 17.9 Å². The number of carboxylic acids is 1. The van der Waals surface area contributed by atoms with Crippen LogP contribution < -0.4 is 0 Å². The number of ether oxygens (including phenoxy) is 1. The summed E-state index contributed by atoms with van der Waals surface area (Å²) in [5, 5.41) is 9.08. The summed E-state index contributed by atoms with van der Waals surface area (Å²) in [6, 6.07) is 0. The van der Waals surface area contributed by atoms with Crippen molar-refractivity contribution < 1.29 is 19.4 Å². The third kappa shape index (κ3) is 2.30. The molecular formula is C11H18O4. The molecule has 1 fully saturated rings. The quantitative estimate of drug-likeness (QED) is 0.728. The Bertz CT molecular complexity index is 261. The zero-order valence-corrected chi connectivity index (χ0v) is 9.28. The summed E-state index contributed by atoms with van der Waals surface area (Å²) >= 11 is 0. The van der Waals surface area contributed by atoms with Crippen LogP contribution in [0.25, 0.3) is 0 Å². The van der Waals surface area contributed by atoms with E-state index in [9.17, 15) is 9.59 Å². The first-order chi connectivity index (χ1) is 7.02. The molecule has 4 heteroatoms. The average Bonchev–Trinajstić information content (AvgIpc) is 2.18. The molecule has 0 spiro atoms. The van der Waals surface area contributed by atoms with Crippen LogP contribution in [0.5, 0.6) is 0 Å². The predicted octanol–water partition coefficient (Wildman–Crippen LogP) is 1.83. The fraction of sp³-hybridized carbons (Fsp3) is 0.818. The largest absolute Gasteiger partial charge is 0.481 e. The van der Waals surface area contributed by atoms with Crippen molar-refractivity contribution in [3.63, 3.8) is 0 Å². The highest BCUT2D eigenvalue weighted by atomic mass is 16.5. The predicted molar refractivity (Wildman–Crippen MR) is 54.3 cm³/mol. The molecule has 0 aromatic rings. The van der Waals surface area contributed by atoms with Crippen molar-refractivity contribution in [2.45, 2.75) is 39.5 Å². The highest BCUT2D eigenvalue weighted by Gasteiger charge is 2.47. The first kappa shape index (κ1) is 12.0. The summed E-state index contributed by atoms with van der Waals surface area (Å²) in [7, 11) is 0. The van der Waals surface area contributed by atoms with Gasteiger partial charge in [0.15, 0.2) is 0 Å². The van der Waals surface area contributed by atoms with Crippen LogP contribution in [0.4, 0.5) is 0 Å². The monoisotopic (exact) mass is 214 g/mol. The summed E-state index contributed by atoms with van der Waals surface area (Å²) in [4.78, 5) is 22.8. The molecule has 15 heavy (non-hydrogen) atoms. The lowest BCUT2D eigenvalue weighted by Crippen LogP contribution is -2.43. The second-order valence-electron chi connectivity index (χ2n) is 4.27. The van der Waals surface area contributed by atoms with E-state index in [1.54, 1.807) is 13.8 Å². The van der Waals surface area contributed by atoms with Gasteiger partial charge in [0, 0.05) is 0 Å². The lowest BCUT2D eigenvalue weighted by molar-refractivity contribution is -0.168. The van der Waals surface area contributed by atoms with Crippen LogP contribution in [-0.4, -0.2) is 23.7 Å². The Hall–Kier alpha value is -1.06. The maximum absolute atomic E-state index is 11.7. The van der Waals surface area contributed by atoms with Crippen molar-refractivity contribution in [3.05, 3.63) is 0 Å². The van der Waals surface area contributed by atoms with E-state index in [1.165, 1.54) is 0 Å². The van der Waals surface area contributed by atoms with Gasteiger partial charge in [-0.15, -0.1) is 0 Å². The van der Waals surface area contributed by atoms with Crippen molar-refractivity contribution in [1.29, 1.82) is 0 Å². The highest BCUT2D eigenvalue weighted by molar-refractivity contribution is 5.84. The molecule has 2 unspecified atom stereocenters. The molecule has 1 N–H and O–H groups in total. The molecule has 0 radical (unpaired) electrons. The van der Waals surface area contributed by atoms with E-state index < -0.39 is 17.3 Å². The second kappa shape index (κ2) is 4.64. The third-order valence-corrected chi connectivity index (χ3v) is 3.25. The smallest absolute Gasteiger partial charge is 0.312 e. The molecule has 86 valence electrons. The fourth-order valence-corrected chi connectivity index (χ4v) is 2.27. The van der Waals surface area contributed by atoms with Crippen LogP contribution in [0.1, 0.15) is 39.5 Å². The SMILES string of the molecule is CCOC(=O)C1(C)CCCCC1C(=O)O. The first-order valence-corrected chi connectivity index (χ1v) is 5.42. The number of hydrogen-bond donors (Lipinski definition) is 1. The number of rotatable bonds is 3. The molecule has 0 heterocycles. The average molecular weight is 214 g/mol. The van der Waals surface area contributed by atoms with Gasteiger partial charge in [-0.1, -0.05) is 12.8 Å². The van der Waals surface area contributed by atoms with Gasteiger partial charge in [-0.2, -0.15) is 0 Å². The molecule has 1 rings (SSSR count). The van der Waals surface area contributed by atoms with Crippen LogP contribution in [0, 0.1) is 11.3 Å². The molecule has 1 saturated carbocycles. The number of aliphatic carboxylic acids is 1. The molecule has 2 atom stereocenters. The number of carbonyl (C=O) groups excluding carboxylic acids is 1. The highest BCUT2D eigenvalue weighted by Crippen LogP contribution is 2.42. The molecule has 1 aliphatic rings. The zero-order chi connectivity index (χ0) is 11.5. The minimum absolute atomic E-state index is 0.306. The molecular weight excluding hydrogens is 196 g/mol. The normalized spacial score (nSPS) is 30.9. The van der Waals surface area contributed by atoms with Gasteiger partial charge in [-0.05, 0) is 26.7 Å². The van der Waals surface area contributed by atoms with Crippen molar-refractivity contribution in [2.75, 3.05) is 6.61 Å². The summed E-state index contributed by atoms with van der Waals surface area (Å²) in [5.74, 6) is -1.84. The van der Waals surface area contributed by atoms with Gasteiger partial charge in [-0.25, -0.2) is 0 Å². The van der Waals surface area contributed by atoms with E-state index >= 15 is 0 Å². The van der Waals surface area contributed by atoms with Crippen LogP contribution in [0.2, 0.25) is 0 Å². The fourth-order valence-electron chi connectivity index (χ4n) is 2.27. The van der Waals surface area contributed by atoms with Crippen LogP contribution in [-0.2, 0) is 14.3 Å². The molecule has 0 aromatic heterocycles. The minimum Gasteiger partial charge on any atom is -0.481 e. The van der Waals surface area contributed by atoms with E-state index in [0.29, 0.717) is 19.4 Å². The Labute approximate surface area is 89.6 Å². The van der Waals surface area contributed by atoms with Gasteiger partial charge >= 0.3 is 11.9 Å². The number of hydrogen-bond acceptors (Lipinski definition) is 3. The molecule has 4 nitrogen and oxygen atoms in total. The molecule has 0 amide bonds. The van der Waals surface area contributed by atoms with E-state index in [-0.39, 0.29) is 5.97 Å². The van der Waals surface area contributed by atoms with Crippen molar-refractivity contribution in [3.8, 4) is 0 Å². The lowest BCUT2D eigenvalue weighted by Gasteiger charge is -2.36. The van der Waals surface area contributed by atoms with Gasteiger partial charge in [0.2, 0.25) is 0 Å². The second-order valence-corrected chi connectivity index (χ2v) is 4.27. The molecule has 0 aromatic carbocycles. The van der Waals surface area contributed by atoms with Gasteiger partial charge in [0.25, 0.3) is 0 Å². The van der Waals surface area contributed by atoms with Crippen molar-refractivity contribution >= 4 is 11.9 Å². The number of carboxylic acid groups (broad SMARTS) is 1. The third-order valence-electron chi connectivity index (χ3n) is 3.25. The van der Waals surface area contributed by atoms with Gasteiger partial charge in [-0.3, -0.25) is 9.59 Å². The van der Waals surface area contributed by atoms with E-state index in [2.05, 4.69) is 0 Å². The lowest BCUT2D eigenvalue weighted by atomic mass is 9.67.